The van der Waals surface area contributed by atoms with E-state index in [-0.39, 0.29) is 5.25 Å². The van der Waals surface area contributed by atoms with Gasteiger partial charge in [0, 0.05) is 25.8 Å². The second kappa shape index (κ2) is 7.06. The summed E-state index contributed by atoms with van der Waals surface area (Å²) in [7, 11) is -1.15. The largest absolute Gasteiger partial charge is 0.356 e. The van der Waals surface area contributed by atoms with Gasteiger partial charge in [-0.1, -0.05) is 6.92 Å². The zero-order valence-electron chi connectivity index (χ0n) is 14.2. The Labute approximate surface area is 142 Å². The van der Waals surface area contributed by atoms with Crippen LogP contribution in [0.3, 0.4) is 0 Å². The average Bonchev–Trinajstić information content (AvgIpc) is 3.08. The summed E-state index contributed by atoms with van der Waals surface area (Å²) in [4.78, 5) is 13.9. The van der Waals surface area contributed by atoms with E-state index in [2.05, 4.69) is 24.6 Å². The molecule has 2 N–H and O–H groups in total. The number of aromatic amines is 1. The molecule has 2 heterocycles. The summed E-state index contributed by atoms with van der Waals surface area (Å²) in [5.74, 6) is 0.900. The first-order chi connectivity index (χ1) is 11.5. The fourth-order valence-electron chi connectivity index (χ4n) is 3.42. The highest BCUT2D eigenvalue weighted by atomic mass is 32.2. The normalized spacial score (nSPS) is 21.9. The zero-order chi connectivity index (χ0) is 17.2. The van der Waals surface area contributed by atoms with Crippen LogP contribution in [0.1, 0.15) is 39.0 Å². The van der Waals surface area contributed by atoms with E-state index in [9.17, 15) is 8.42 Å². The Balaban J connectivity index is 1.67. The Kier molecular flexibility index (Phi) is 5.05. The maximum Gasteiger partial charge on any atom is 0.214 e. The van der Waals surface area contributed by atoms with E-state index in [1.165, 1.54) is 0 Å². The fraction of sp³-hybridized carbons (Fsp3) is 0.625. The number of nitrogens with zero attached hydrogens (tertiary/aromatic N) is 3. The molecule has 0 aromatic carbocycles. The van der Waals surface area contributed by atoms with Crippen molar-refractivity contribution < 1.29 is 8.42 Å². The second-order valence-electron chi connectivity index (χ2n) is 6.42. The molecule has 2 aromatic rings. The quantitative estimate of drug-likeness (QED) is 0.831. The Morgan fingerprint density at radius 2 is 2.04 bits per heavy atom. The van der Waals surface area contributed by atoms with E-state index in [4.69, 9.17) is 0 Å². The molecule has 3 rings (SSSR count). The number of nitrogens with one attached hydrogen (secondary N) is 2. The lowest BCUT2D eigenvalue weighted by Crippen LogP contribution is -2.42. The molecule has 1 saturated carbocycles. The molecule has 0 unspecified atom stereocenters. The van der Waals surface area contributed by atoms with Gasteiger partial charge in [-0.2, -0.15) is 0 Å². The summed E-state index contributed by atoms with van der Waals surface area (Å²) < 4.78 is 27.3. The SMILES string of the molecule is CCCNS(=O)(=O)C1CCC(N(C)c2ncnc3[nH]ccc23)CC1. The zero-order valence-corrected chi connectivity index (χ0v) is 15.0. The molecular weight excluding hydrogens is 326 g/mol. The smallest absolute Gasteiger partial charge is 0.214 e. The summed E-state index contributed by atoms with van der Waals surface area (Å²) in [6, 6.07) is 2.28. The number of rotatable bonds is 6. The molecule has 0 saturated heterocycles. The average molecular weight is 351 g/mol. The second-order valence-corrected chi connectivity index (χ2v) is 8.46. The fourth-order valence-corrected chi connectivity index (χ4v) is 5.03. The van der Waals surface area contributed by atoms with Crippen molar-refractivity contribution in [3.63, 3.8) is 0 Å². The molecule has 132 valence electrons. The molecule has 2 aromatic heterocycles. The number of sulfonamides is 1. The monoisotopic (exact) mass is 351 g/mol. The predicted molar refractivity (Wildman–Crippen MR) is 95.5 cm³/mol. The van der Waals surface area contributed by atoms with Crippen LogP contribution in [-0.2, 0) is 10.0 Å². The number of aromatic nitrogens is 3. The van der Waals surface area contributed by atoms with Crippen molar-refractivity contribution in [1.82, 2.24) is 19.7 Å². The van der Waals surface area contributed by atoms with E-state index in [0.29, 0.717) is 25.4 Å². The van der Waals surface area contributed by atoms with Gasteiger partial charge in [0.25, 0.3) is 0 Å². The number of anilines is 1. The van der Waals surface area contributed by atoms with Crippen LogP contribution in [-0.4, -0.2) is 48.3 Å². The van der Waals surface area contributed by atoms with Gasteiger partial charge >= 0.3 is 0 Å². The highest BCUT2D eigenvalue weighted by Crippen LogP contribution is 2.31. The molecule has 8 heteroatoms. The van der Waals surface area contributed by atoms with Gasteiger partial charge in [0.05, 0.1) is 10.6 Å². The first-order valence-electron chi connectivity index (χ1n) is 8.52. The van der Waals surface area contributed by atoms with Gasteiger partial charge in [0.15, 0.2) is 0 Å². The lowest BCUT2D eigenvalue weighted by atomic mass is 9.94. The number of hydrogen-bond acceptors (Lipinski definition) is 5. The highest BCUT2D eigenvalue weighted by Gasteiger charge is 2.32. The molecule has 0 atom stereocenters. The van der Waals surface area contributed by atoms with Crippen LogP contribution in [0.2, 0.25) is 0 Å². The summed E-state index contributed by atoms with van der Waals surface area (Å²) in [5.41, 5.74) is 0.826. The van der Waals surface area contributed by atoms with Crippen LogP contribution in [0.15, 0.2) is 18.6 Å². The van der Waals surface area contributed by atoms with Gasteiger partial charge in [-0.05, 0) is 38.2 Å². The molecule has 0 aliphatic heterocycles. The first-order valence-corrected chi connectivity index (χ1v) is 10.1. The summed E-state index contributed by atoms with van der Waals surface area (Å²) >= 11 is 0. The Hall–Kier alpha value is -1.67. The molecule has 0 amide bonds. The molecule has 0 radical (unpaired) electrons. The molecule has 7 nitrogen and oxygen atoms in total. The number of fused-ring (bicyclic) bond motifs is 1. The van der Waals surface area contributed by atoms with Crippen molar-refractivity contribution in [3.8, 4) is 0 Å². The third kappa shape index (κ3) is 3.39. The highest BCUT2D eigenvalue weighted by molar-refractivity contribution is 7.90. The minimum absolute atomic E-state index is 0.272. The maximum absolute atomic E-state index is 12.3. The summed E-state index contributed by atoms with van der Waals surface area (Å²) in [5, 5.41) is 0.728. The summed E-state index contributed by atoms with van der Waals surface area (Å²) in [6.45, 7) is 2.49. The van der Waals surface area contributed by atoms with Crippen molar-refractivity contribution >= 4 is 26.9 Å². The van der Waals surface area contributed by atoms with E-state index in [1.54, 1.807) is 6.33 Å². The third-order valence-electron chi connectivity index (χ3n) is 4.85. The number of H-pyrrole nitrogens is 1. The summed E-state index contributed by atoms with van der Waals surface area (Å²) in [6.07, 6.45) is 7.33. The van der Waals surface area contributed by atoms with E-state index < -0.39 is 10.0 Å². The maximum atomic E-state index is 12.3. The van der Waals surface area contributed by atoms with E-state index >= 15 is 0 Å². The van der Waals surface area contributed by atoms with Gasteiger partial charge in [-0.3, -0.25) is 0 Å². The Morgan fingerprint density at radius 3 is 2.75 bits per heavy atom. The molecule has 24 heavy (non-hydrogen) atoms. The van der Waals surface area contributed by atoms with Crippen LogP contribution in [0.4, 0.5) is 5.82 Å². The predicted octanol–water partition coefficient (Wildman–Crippen LogP) is 2.03. The van der Waals surface area contributed by atoms with Crippen molar-refractivity contribution in [1.29, 1.82) is 0 Å². The topological polar surface area (TPSA) is 91.0 Å². The third-order valence-corrected chi connectivity index (χ3v) is 6.81. The lowest BCUT2D eigenvalue weighted by molar-refractivity contribution is 0.418. The van der Waals surface area contributed by atoms with E-state index in [0.717, 1.165) is 36.1 Å². The van der Waals surface area contributed by atoms with Gasteiger partial charge in [0.2, 0.25) is 10.0 Å². The van der Waals surface area contributed by atoms with Crippen LogP contribution < -0.4 is 9.62 Å². The lowest BCUT2D eigenvalue weighted by Gasteiger charge is -2.35. The first kappa shape index (κ1) is 17.2. The van der Waals surface area contributed by atoms with Gasteiger partial charge in [0.1, 0.15) is 17.8 Å². The standard InChI is InChI=1S/C16H25N5O2S/c1-3-9-20-24(22,23)13-6-4-12(5-7-13)21(2)16-14-8-10-17-15(14)18-11-19-16/h8,10-13,20H,3-7,9H2,1-2H3,(H,17,18,19). The van der Waals surface area contributed by atoms with Crippen molar-refractivity contribution in [2.24, 2.45) is 0 Å². The van der Waals surface area contributed by atoms with Crippen molar-refractivity contribution in [3.05, 3.63) is 18.6 Å². The van der Waals surface area contributed by atoms with Crippen molar-refractivity contribution in [2.75, 3.05) is 18.5 Å². The molecule has 1 aliphatic rings. The number of hydrogen-bond donors (Lipinski definition) is 2. The van der Waals surface area contributed by atoms with Crippen LogP contribution in [0.25, 0.3) is 11.0 Å². The van der Waals surface area contributed by atoms with Crippen molar-refractivity contribution in [2.45, 2.75) is 50.3 Å². The van der Waals surface area contributed by atoms with Gasteiger partial charge < -0.3 is 9.88 Å². The molecule has 1 fully saturated rings. The van der Waals surface area contributed by atoms with Crippen LogP contribution >= 0.6 is 0 Å². The van der Waals surface area contributed by atoms with Gasteiger partial charge in [-0.25, -0.2) is 23.1 Å². The van der Waals surface area contributed by atoms with E-state index in [1.807, 2.05) is 26.2 Å². The Morgan fingerprint density at radius 1 is 1.29 bits per heavy atom. The minimum atomic E-state index is -3.18. The van der Waals surface area contributed by atoms with Crippen LogP contribution in [0.5, 0.6) is 0 Å². The molecule has 0 spiro atoms. The molecular formula is C16H25N5O2S. The minimum Gasteiger partial charge on any atom is -0.356 e. The molecule has 1 aliphatic carbocycles. The van der Waals surface area contributed by atoms with Gasteiger partial charge in [-0.15, -0.1) is 0 Å². The molecule has 0 bridgehead atoms. The Bertz CT molecular complexity index is 781. The van der Waals surface area contributed by atoms with Crippen LogP contribution in [0, 0.1) is 0 Å².